The number of pyridine rings is 1. The van der Waals surface area contributed by atoms with Gasteiger partial charge in [-0.05, 0) is 49.6 Å². The number of thiazole rings is 1. The minimum absolute atomic E-state index is 0.0736. The number of ketones is 1. The van der Waals surface area contributed by atoms with Gasteiger partial charge in [-0.2, -0.15) is 0 Å². The fourth-order valence-electron chi connectivity index (χ4n) is 3.01. The first kappa shape index (κ1) is 23.8. The molecule has 0 aliphatic rings. The lowest BCUT2D eigenvalue weighted by molar-refractivity contribution is 0.104. The largest absolute Gasteiger partial charge is 0.495 e. The van der Waals surface area contributed by atoms with Crippen LogP contribution in [0.4, 0.5) is 5.13 Å². The van der Waals surface area contributed by atoms with E-state index in [4.69, 9.17) is 4.74 Å². The number of methoxy groups -OCH3 is 1. The summed E-state index contributed by atoms with van der Waals surface area (Å²) >= 11 is 1.31. The smallest absolute Gasteiger partial charge is 0.244 e. The molecule has 3 aromatic rings. The highest BCUT2D eigenvalue weighted by molar-refractivity contribution is 7.89. The molecule has 0 saturated heterocycles. The Kier molecular flexibility index (Phi) is 8.32. The molecular weight excluding hydrogens is 448 g/mol. The Balaban J connectivity index is 1.38. The molecule has 0 unspecified atom stereocenters. The number of aryl methyl sites for hydroxylation is 1. The monoisotopic (exact) mass is 474 g/mol. The second kappa shape index (κ2) is 11.2. The SMILES string of the molecule is COc1ccc(C)cc1S(=O)(=O)NCCCCCNc1ncc(C(=O)c2ccncc2)s1. The van der Waals surface area contributed by atoms with Crippen LogP contribution in [0.15, 0.2) is 53.8 Å². The zero-order chi connectivity index (χ0) is 23.0. The molecule has 0 atom stereocenters. The van der Waals surface area contributed by atoms with Crippen molar-refractivity contribution in [3.8, 4) is 5.75 Å². The van der Waals surface area contributed by atoms with Gasteiger partial charge in [-0.3, -0.25) is 9.78 Å². The van der Waals surface area contributed by atoms with Crippen LogP contribution in [0.25, 0.3) is 0 Å². The molecule has 2 aromatic heterocycles. The standard InChI is InChI=1S/C22H26N4O4S2/c1-16-6-7-18(30-2)20(14-16)32(28,29)26-11-5-3-4-10-24-22-25-15-19(31-22)21(27)17-8-12-23-13-9-17/h6-9,12-15,26H,3-5,10-11H2,1-2H3,(H,24,25). The lowest BCUT2D eigenvalue weighted by atomic mass is 10.1. The van der Waals surface area contributed by atoms with Crippen LogP contribution >= 0.6 is 11.3 Å². The van der Waals surface area contributed by atoms with Crippen LogP contribution in [0, 0.1) is 6.92 Å². The fraction of sp³-hybridized carbons (Fsp3) is 0.318. The van der Waals surface area contributed by atoms with Crippen LogP contribution in [-0.2, 0) is 10.0 Å². The van der Waals surface area contributed by atoms with Crippen molar-refractivity contribution in [3.05, 3.63) is 64.9 Å². The molecule has 10 heteroatoms. The molecule has 0 radical (unpaired) electrons. The number of hydrogen-bond acceptors (Lipinski definition) is 8. The van der Waals surface area contributed by atoms with E-state index in [9.17, 15) is 13.2 Å². The summed E-state index contributed by atoms with van der Waals surface area (Å²) in [6, 6.07) is 8.43. The molecule has 0 spiro atoms. The molecule has 0 aliphatic carbocycles. The maximum absolute atomic E-state index is 12.6. The highest BCUT2D eigenvalue weighted by atomic mass is 32.2. The average Bonchev–Trinajstić information content (AvgIpc) is 3.27. The zero-order valence-corrected chi connectivity index (χ0v) is 19.6. The van der Waals surface area contributed by atoms with E-state index in [0.717, 1.165) is 18.4 Å². The number of nitrogens with zero attached hydrogens (tertiary/aromatic N) is 2. The van der Waals surface area contributed by atoms with E-state index in [1.807, 2.05) is 13.0 Å². The zero-order valence-electron chi connectivity index (χ0n) is 18.0. The van der Waals surface area contributed by atoms with E-state index < -0.39 is 10.0 Å². The van der Waals surface area contributed by atoms with Crippen molar-refractivity contribution < 1.29 is 17.9 Å². The van der Waals surface area contributed by atoms with E-state index >= 15 is 0 Å². The predicted octanol–water partition coefficient (Wildman–Crippen LogP) is 3.65. The molecule has 170 valence electrons. The lowest BCUT2D eigenvalue weighted by Crippen LogP contribution is -2.25. The number of rotatable bonds is 12. The molecule has 3 rings (SSSR count). The first-order valence-corrected chi connectivity index (χ1v) is 12.5. The molecule has 0 fully saturated rings. The molecule has 0 amide bonds. The van der Waals surface area contributed by atoms with Crippen molar-refractivity contribution >= 4 is 32.3 Å². The quantitative estimate of drug-likeness (QED) is 0.304. The number of anilines is 1. The van der Waals surface area contributed by atoms with Crippen LogP contribution in [0.3, 0.4) is 0 Å². The van der Waals surface area contributed by atoms with Gasteiger partial charge < -0.3 is 10.1 Å². The third kappa shape index (κ3) is 6.35. The minimum atomic E-state index is -3.62. The average molecular weight is 475 g/mol. The van der Waals surface area contributed by atoms with Crippen molar-refractivity contribution in [2.24, 2.45) is 0 Å². The topological polar surface area (TPSA) is 110 Å². The maximum atomic E-state index is 12.6. The predicted molar refractivity (Wildman–Crippen MR) is 125 cm³/mol. The number of nitrogens with one attached hydrogen (secondary N) is 2. The summed E-state index contributed by atoms with van der Waals surface area (Å²) in [6.45, 7) is 2.88. The third-order valence-electron chi connectivity index (χ3n) is 4.70. The summed E-state index contributed by atoms with van der Waals surface area (Å²) < 4.78 is 32.9. The second-order valence-electron chi connectivity index (χ2n) is 7.13. The number of sulfonamides is 1. The van der Waals surface area contributed by atoms with Gasteiger partial charge in [0.25, 0.3) is 0 Å². The minimum Gasteiger partial charge on any atom is -0.495 e. The van der Waals surface area contributed by atoms with Crippen molar-refractivity contribution in [1.29, 1.82) is 0 Å². The first-order chi connectivity index (χ1) is 15.4. The number of ether oxygens (including phenoxy) is 1. The Morgan fingerprint density at radius 3 is 2.59 bits per heavy atom. The van der Waals surface area contributed by atoms with Gasteiger partial charge in [-0.1, -0.05) is 23.8 Å². The number of carbonyl (C=O) groups excluding carboxylic acids is 1. The Morgan fingerprint density at radius 2 is 1.84 bits per heavy atom. The van der Waals surface area contributed by atoms with Crippen LogP contribution < -0.4 is 14.8 Å². The van der Waals surface area contributed by atoms with Gasteiger partial charge in [-0.25, -0.2) is 18.1 Å². The van der Waals surface area contributed by atoms with E-state index in [1.165, 1.54) is 18.4 Å². The van der Waals surface area contributed by atoms with E-state index in [2.05, 4.69) is 20.0 Å². The molecule has 0 aliphatic heterocycles. The normalized spacial score (nSPS) is 11.3. The van der Waals surface area contributed by atoms with E-state index in [0.29, 0.717) is 40.8 Å². The number of unbranched alkanes of at least 4 members (excludes halogenated alkanes) is 2. The summed E-state index contributed by atoms with van der Waals surface area (Å²) in [4.78, 5) is 21.3. The van der Waals surface area contributed by atoms with Gasteiger partial charge in [0, 0.05) is 31.0 Å². The van der Waals surface area contributed by atoms with Gasteiger partial charge >= 0.3 is 0 Å². The molecule has 0 bridgehead atoms. The second-order valence-corrected chi connectivity index (χ2v) is 9.90. The molecule has 2 heterocycles. The maximum Gasteiger partial charge on any atom is 0.244 e. The molecule has 0 saturated carbocycles. The summed E-state index contributed by atoms with van der Waals surface area (Å²) in [5.74, 6) is 0.257. The molecule has 2 N–H and O–H groups in total. The van der Waals surface area contributed by atoms with Gasteiger partial charge in [0.1, 0.15) is 10.6 Å². The number of carbonyl (C=O) groups is 1. The molecule has 32 heavy (non-hydrogen) atoms. The van der Waals surface area contributed by atoms with Gasteiger partial charge in [0.15, 0.2) is 5.13 Å². The van der Waals surface area contributed by atoms with Crippen LogP contribution in [0.5, 0.6) is 5.75 Å². The fourth-order valence-corrected chi connectivity index (χ4v) is 5.14. The van der Waals surface area contributed by atoms with Gasteiger partial charge in [0.2, 0.25) is 15.8 Å². The molecule has 1 aromatic carbocycles. The van der Waals surface area contributed by atoms with Crippen LogP contribution in [-0.4, -0.2) is 44.4 Å². The Bertz CT molecular complexity index is 1150. The van der Waals surface area contributed by atoms with E-state index in [-0.39, 0.29) is 10.7 Å². The molecular formula is C22H26N4O4S2. The van der Waals surface area contributed by atoms with Crippen molar-refractivity contribution in [2.75, 3.05) is 25.5 Å². The summed E-state index contributed by atoms with van der Waals surface area (Å²) in [6.07, 6.45) is 7.15. The Morgan fingerprint density at radius 1 is 1.09 bits per heavy atom. The number of benzene rings is 1. The highest BCUT2D eigenvalue weighted by Gasteiger charge is 2.19. The Hall–Kier alpha value is -2.82. The summed E-state index contributed by atoms with van der Waals surface area (Å²) in [5, 5.41) is 3.90. The van der Waals surface area contributed by atoms with Crippen molar-refractivity contribution in [1.82, 2.24) is 14.7 Å². The highest BCUT2D eigenvalue weighted by Crippen LogP contribution is 2.24. The van der Waals surface area contributed by atoms with Crippen LogP contribution in [0.2, 0.25) is 0 Å². The van der Waals surface area contributed by atoms with Gasteiger partial charge in [0.05, 0.1) is 18.2 Å². The van der Waals surface area contributed by atoms with Crippen molar-refractivity contribution in [2.45, 2.75) is 31.1 Å². The van der Waals surface area contributed by atoms with Gasteiger partial charge in [-0.15, -0.1) is 0 Å². The van der Waals surface area contributed by atoms with Crippen LogP contribution in [0.1, 0.15) is 40.1 Å². The number of aromatic nitrogens is 2. The third-order valence-corrected chi connectivity index (χ3v) is 7.14. The van der Waals surface area contributed by atoms with E-state index in [1.54, 1.807) is 42.9 Å². The lowest BCUT2D eigenvalue weighted by Gasteiger charge is -2.11. The summed E-state index contributed by atoms with van der Waals surface area (Å²) in [7, 11) is -2.17. The summed E-state index contributed by atoms with van der Waals surface area (Å²) in [5.41, 5.74) is 1.44. The Labute approximate surface area is 192 Å². The molecule has 8 nitrogen and oxygen atoms in total. The van der Waals surface area contributed by atoms with Crippen molar-refractivity contribution in [3.63, 3.8) is 0 Å². The number of hydrogen-bond donors (Lipinski definition) is 2. The first-order valence-electron chi connectivity index (χ1n) is 10.2.